The lowest BCUT2D eigenvalue weighted by molar-refractivity contribution is -1.91. The lowest BCUT2D eigenvalue weighted by Crippen LogP contribution is -2.60. The predicted octanol–water partition coefficient (Wildman–Crippen LogP) is -1.49. The zero-order chi connectivity index (χ0) is 10.2. The first-order valence-corrected chi connectivity index (χ1v) is 5.99. The molecule has 0 N–H and O–H groups in total. The zero-order valence-electron chi connectivity index (χ0n) is 6.71. The SMILES string of the molecule is [O-][Cl+3]([O-])([O-])OS1=Cc2ccoc2C=C1. The summed E-state index contributed by atoms with van der Waals surface area (Å²) in [5.41, 5.74) is 0.717. The van der Waals surface area contributed by atoms with Crippen molar-refractivity contribution in [3.8, 4) is 0 Å². The van der Waals surface area contributed by atoms with Crippen molar-refractivity contribution in [3.05, 3.63) is 29.1 Å². The van der Waals surface area contributed by atoms with Gasteiger partial charge in [-0.05, 0) is 12.1 Å². The first-order chi connectivity index (χ1) is 6.54. The van der Waals surface area contributed by atoms with Crippen LogP contribution in [0.25, 0.3) is 6.08 Å². The van der Waals surface area contributed by atoms with Crippen LogP contribution in [-0.4, -0.2) is 5.37 Å². The van der Waals surface area contributed by atoms with Gasteiger partial charge in [0.05, 0.1) is 16.5 Å². The maximum absolute atomic E-state index is 10.3. The Kier molecular flexibility index (Phi) is 2.48. The molecule has 7 heteroatoms. The van der Waals surface area contributed by atoms with Crippen molar-refractivity contribution in [2.45, 2.75) is 0 Å². The van der Waals surface area contributed by atoms with E-state index in [1.165, 1.54) is 17.0 Å². The lowest BCUT2D eigenvalue weighted by atomic mass is 10.3. The summed E-state index contributed by atoms with van der Waals surface area (Å²) in [5, 5.41) is 2.97. The highest BCUT2D eigenvalue weighted by Gasteiger charge is 2.22. The Hall–Kier alpha value is -0.630. The summed E-state index contributed by atoms with van der Waals surface area (Å²) in [7, 11) is -5.52. The Morgan fingerprint density at radius 1 is 1.36 bits per heavy atom. The summed E-state index contributed by atoms with van der Waals surface area (Å²) in [6, 6.07) is 1.66. The third-order valence-electron chi connectivity index (χ3n) is 1.47. The fraction of sp³-hybridized carbons (Fsp3) is 0. The normalized spacial score (nSPS) is 20.4. The summed E-state index contributed by atoms with van der Waals surface area (Å²) in [4.78, 5) is 0. The minimum atomic E-state index is -4.39. The summed E-state index contributed by atoms with van der Waals surface area (Å²) in [6.45, 7) is 0. The van der Waals surface area contributed by atoms with Crippen LogP contribution in [0.5, 0.6) is 0 Å². The van der Waals surface area contributed by atoms with Gasteiger partial charge in [0.2, 0.25) is 0 Å². The van der Waals surface area contributed by atoms with Gasteiger partial charge in [0, 0.05) is 16.3 Å². The van der Waals surface area contributed by atoms with Gasteiger partial charge >= 0.3 is 0 Å². The molecule has 0 fully saturated rings. The van der Waals surface area contributed by atoms with Gasteiger partial charge < -0.3 is 4.42 Å². The van der Waals surface area contributed by atoms with Crippen molar-refractivity contribution in [2.24, 2.45) is 0 Å². The van der Waals surface area contributed by atoms with Gasteiger partial charge in [0.15, 0.2) is 0 Å². The van der Waals surface area contributed by atoms with Crippen molar-refractivity contribution < 1.29 is 32.4 Å². The Balaban J connectivity index is 2.23. The van der Waals surface area contributed by atoms with Gasteiger partial charge in [-0.3, -0.25) is 0 Å². The number of furan rings is 1. The molecule has 0 spiro atoms. The van der Waals surface area contributed by atoms with Crippen LogP contribution in [-0.2, 0) is 3.74 Å². The molecule has 0 aromatic carbocycles. The molecule has 0 saturated carbocycles. The summed E-state index contributed by atoms with van der Waals surface area (Å²) < 4.78 is 40.1. The Morgan fingerprint density at radius 2 is 2.14 bits per heavy atom. The third-order valence-corrected chi connectivity index (χ3v) is 3.56. The average Bonchev–Trinajstić information content (AvgIpc) is 2.47. The van der Waals surface area contributed by atoms with Gasteiger partial charge in [0.25, 0.3) is 0 Å². The van der Waals surface area contributed by atoms with Gasteiger partial charge in [-0.1, -0.05) is 0 Å². The Labute approximate surface area is 84.1 Å². The van der Waals surface area contributed by atoms with Crippen LogP contribution < -0.4 is 14.0 Å². The number of hydrogen-bond acceptors (Lipinski definition) is 5. The van der Waals surface area contributed by atoms with Gasteiger partial charge in [-0.25, -0.2) is 0 Å². The van der Waals surface area contributed by atoms with Crippen molar-refractivity contribution >= 4 is 22.2 Å². The monoisotopic (exact) mass is 236 g/mol. The smallest absolute Gasteiger partial charge is 0.140 e. The van der Waals surface area contributed by atoms with E-state index in [2.05, 4.69) is 3.74 Å². The van der Waals surface area contributed by atoms with Crippen LogP contribution in [0.4, 0.5) is 0 Å². The highest BCUT2D eigenvalue weighted by molar-refractivity contribution is 8.13. The van der Waals surface area contributed by atoms with Crippen molar-refractivity contribution in [1.29, 1.82) is 0 Å². The topological polar surface area (TPSA) is 91.5 Å². The van der Waals surface area contributed by atoms with Crippen LogP contribution in [0.15, 0.2) is 22.2 Å². The predicted molar refractivity (Wildman–Crippen MR) is 41.6 cm³/mol. The molecule has 1 aliphatic heterocycles. The molecule has 1 aromatic heterocycles. The molecule has 0 saturated heterocycles. The molecule has 1 atom stereocenters. The van der Waals surface area contributed by atoms with Crippen molar-refractivity contribution in [1.82, 2.24) is 0 Å². The quantitative estimate of drug-likeness (QED) is 0.584. The van der Waals surface area contributed by atoms with Crippen LogP contribution in [0, 0.1) is 10.2 Å². The molecule has 5 nitrogen and oxygen atoms in total. The molecular formula is C7H5ClO5S. The van der Waals surface area contributed by atoms with E-state index < -0.39 is 21.0 Å². The molecule has 2 heterocycles. The summed E-state index contributed by atoms with van der Waals surface area (Å²) in [6.07, 6.45) is 3.04. The van der Waals surface area contributed by atoms with E-state index in [0.29, 0.717) is 5.76 Å². The number of fused-ring (bicyclic) bond motifs is 1. The van der Waals surface area contributed by atoms with E-state index in [1.54, 1.807) is 12.1 Å². The van der Waals surface area contributed by atoms with Gasteiger partial charge in [-0.2, -0.15) is 14.0 Å². The van der Waals surface area contributed by atoms with Crippen LogP contribution in [0.3, 0.4) is 0 Å². The summed E-state index contributed by atoms with van der Waals surface area (Å²) >= 11 is 0. The first-order valence-electron chi connectivity index (χ1n) is 3.48. The third kappa shape index (κ3) is 2.24. The molecule has 0 aliphatic carbocycles. The second-order valence-corrected chi connectivity index (χ2v) is 4.86. The lowest BCUT2D eigenvalue weighted by Gasteiger charge is -2.12. The largest absolute Gasteiger partial charge is 0.464 e. The number of hydrogen-bond donors (Lipinski definition) is 0. The maximum atomic E-state index is 10.3. The number of halogens is 1. The molecule has 76 valence electrons. The molecule has 0 radical (unpaired) electrons. The van der Waals surface area contributed by atoms with E-state index in [0.717, 1.165) is 5.56 Å². The highest BCUT2D eigenvalue weighted by atomic mass is 35.7. The minimum absolute atomic E-state index is 0.623. The summed E-state index contributed by atoms with van der Waals surface area (Å²) in [5.74, 6) is 0.623. The maximum Gasteiger partial charge on any atom is 0.140 e. The first kappa shape index (κ1) is 9.91. The molecule has 1 aliphatic rings. The van der Waals surface area contributed by atoms with E-state index >= 15 is 0 Å². The molecule has 1 unspecified atom stereocenters. The number of rotatable bonds is 2. The van der Waals surface area contributed by atoms with Gasteiger partial charge in [0.1, 0.15) is 20.3 Å². The molecule has 2 rings (SSSR count). The van der Waals surface area contributed by atoms with E-state index in [-0.39, 0.29) is 0 Å². The molecule has 0 amide bonds. The average molecular weight is 237 g/mol. The minimum Gasteiger partial charge on any atom is -0.464 e. The van der Waals surface area contributed by atoms with Crippen molar-refractivity contribution in [3.63, 3.8) is 0 Å². The second kappa shape index (κ2) is 3.50. The van der Waals surface area contributed by atoms with Crippen LogP contribution in [0.1, 0.15) is 11.3 Å². The molecule has 0 bridgehead atoms. The van der Waals surface area contributed by atoms with Gasteiger partial charge in [-0.15, -0.1) is 0 Å². The Morgan fingerprint density at radius 3 is 2.86 bits per heavy atom. The fourth-order valence-corrected chi connectivity index (χ4v) is 2.79. The Bertz CT molecular complexity index is 402. The van der Waals surface area contributed by atoms with Crippen molar-refractivity contribution in [2.75, 3.05) is 0 Å². The zero-order valence-corrected chi connectivity index (χ0v) is 8.29. The molecular weight excluding hydrogens is 232 g/mol. The highest BCUT2D eigenvalue weighted by Crippen LogP contribution is 2.28. The van der Waals surface area contributed by atoms with E-state index in [4.69, 9.17) is 4.42 Å². The molecule has 14 heavy (non-hydrogen) atoms. The fourth-order valence-electron chi connectivity index (χ4n) is 0.985. The van der Waals surface area contributed by atoms with E-state index in [9.17, 15) is 14.0 Å². The van der Waals surface area contributed by atoms with Crippen LogP contribution in [0.2, 0.25) is 0 Å². The molecule has 1 aromatic rings. The second-order valence-electron chi connectivity index (χ2n) is 2.43. The standard InChI is InChI=1S/C7H5ClO5S/c9-8(10,11)13-14-4-2-7-6(5-14)1-3-12-7/h1-5H. The van der Waals surface area contributed by atoms with Crippen LogP contribution >= 0.6 is 10.8 Å². The van der Waals surface area contributed by atoms with E-state index in [1.807, 2.05) is 0 Å².